The number of aryl methyl sites for hydroxylation is 1. The first-order valence-corrected chi connectivity index (χ1v) is 8.27. The zero-order valence-corrected chi connectivity index (χ0v) is 15.1. The number of amides is 1. The molecule has 5 nitrogen and oxygen atoms in total. The summed E-state index contributed by atoms with van der Waals surface area (Å²) >= 11 is 0. The number of carbonyl (C=O) groups is 2. The number of H-pyrrole nitrogens is 1. The molecule has 1 aromatic carbocycles. The lowest BCUT2D eigenvalue weighted by molar-refractivity contribution is 0.0721. The molecule has 2 heterocycles. The molecule has 0 aliphatic carbocycles. The number of nitrogens with zero attached hydrogens (tertiary/aromatic N) is 1. The Kier molecular flexibility index (Phi) is 4.25. The highest BCUT2D eigenvalue weighted by atomic mass is 16.3. The quantitative estimate of drug-likeness (QED) is 0.716. The van der Waals surface area contributed by atoms with Crippen molar-refractivity contribution in [3.63, 3.8) is 0 Å². The topological polar surface area (TPSA) is 66.3 Å². The maximum Gasteiger partial charge on any atom is 0.270 e. The maximum atomic E-state index is 12.9. The van der Waals surface area contributed by atoms with Crippen LogP contribution in [0.25, 0.3) is 11.0 Å². The summed E-state index contributed by atoms with van der Waals surface area (Å²) < 4.78 is 5.88. The van der Waals surface area contributed by atoms with Crippen LogP contribution in [0.3, 0.4) is 0 Å². The van der Waals surface area contributed by atoms with E-state index in [0.717, 1.165) is 22.4 Å². The second-order valence-corrected chi connectivity index (χ2v) is 6.46. The molecule has 25 heavy (non-hydrogen) atoms. The SMILES string of the molecule is CC(=O)c1c(C)[nH]c(C(=O)N(C)C(C)c2cc3ccccc3o2)c1C. The monoisotopic (exact) mass is 338 g/mol. The van der Waals surface area contributed by atoms with Crippen molar-refractivity contribution < 1.29 is 14.0 Å². The maximum absolute atomic E-state index is 12.9. The van der Waals surface area contributed by atoms with E-state index in [2.05, 4.69) is 4.98 Å². The van der Waals surface area contributed by atoms with Crippen LogP contribution in [0.4, 0.5) is 0 Å². The summed E-state index contributed by atoms with van der Waals surface area (Å²) in [7, 11) is 1.74. The number of furan rings is 1. The molecule has 0 fully saturated rings. The number of rotatable bonds is 4. The van der Waals surface area contributed by atoms with Crippen LogP contribution < -0.4 is 0 Å². The Bertz CT molecular complexity index is 932. The van der Waals surface area contributed by atoms with Gasteiger partial charge in [0.05, 0.1) is 6.04 Å². The van der Waals surface area contributed by atoms with Crippen molar-refractivity contribution in [3.05, 3.63) is 58.6 Å². The molecule has 0 aliphatic rings. The summed E-state index contributed by atoms with van der Waals surface area (Å²) in [6.45, 7) is 7.04. The highest BCUT2D eigenvalue weighted by Gasteiger charge is 2.26. The van der Waals surface area contributed by atoms with Gasteiger partial charge in [-0.1, -0.05) is 18.2 Å². The van der Waals surface area contributed by atoms with Crippen molar-refractivity contribution in [1.29, 1.82) is 0 Å². The van der Waals surface area contributed by atoms with E-state index >= 15 is 0 Å². The second kappa shape index (κ2) is 6.24. The lowest BCUT2D eigenvalue weighted by atomic mass is 10.1. The van der Waals surface area contributed by atoms with Gasteiger partial charge in [0, 0.05) is 23.7 Å². The number of aromatic amines is 1. The minimum Gasteiger partial charge on any atom is -0.459 e. The zero-order valence-electron chi connectivity index (χ0n) is 15.1. The number of aromatic nitrogens is 1. The van der Waals surface area contributed by atoms with Crippen LogP contribution in [0.5, 0.6) is 0 Å². The highest BCUT2D eigenvalue weighted by molar-refractivity contribution is 6.02. The van der Waals surface area contributed by atoms with Crippen LogP contribution in [-0.4, -0.2) is 28.6 Å². The van der Waals surface area contributed by atoms with E-state index < -0.39 is 0 Å². The molecule has 0 saturated carbocycles. The average molecular weight is 338 g/mol. The first kappa shape index (κ1) is 17.0. The lowest BCUT2D eigenvalue weighted by Crippen LogP contribution is -2.30. The average Bonchev–Trinajstić information content (AvgIpc) is 3.13. The smallest absolute Gasteiger partial charge is 0.270 e. The minimum absolute atomic E-state index is 0.0433. The number of ketones is 1. The highest BCUT2D eigenvalue weighted by Crippen LogP contribution is 2.28. The van der Waals surface area contributed by atoms with Gasteiger partial charge in [0.15, 0.2) is 5.78 Å². The molecular weight excluding hydrogens is 316 g/mol. The Morgan fingerprint density at radius 2 is 1.88 bits per heavy atom. The van der Waals surface area contributed by atoms with Gasteiger partial charge in [-0.2, -0.15) is 0 Å². The molecule has 5 heteroatoms. The fourth-order valence-corrected chi connectivity index (χ4v) is 3.24. The molecule has 1 atom stereocenters. The molecule has 3 aromatic rings. The van der Waals surface area contributed by atoms with E-state index in [0.29, 0.717) is 16.8 Å². The summed E-state index contributed by atoms with van der Waals surface area (Å²) in [6.07, 6.45) is 0. The molecular formula is C20H22N2O3. The van der Waals surface area contributed by atoms with Gasteiger partial charge in [-0.25, -0.2) is 0 Å². The molecule has 3 rings (SSSR count). The van der Waals surface area contributed by atoms with Gasteiger partial charge < -0.3 is 14.3 Å². The lowest BCUT2D eigenvalue weighted by Gasteiger charge is -2.23. The van der Waals surface area contributed by atoms with Crippen molar-refractivity contribution in [2.75, 3.05) is 7.05 Å². The van der Waals surface area contributed by atoms with Crippen LogP contribution in [-0.2, 0) is 0 Å². The summed E-state index contributed by atoms with van der Waals surface area (Å²) in [5, 5.41) is 1.01. The van der Waals surface area contributed by atoms with E-state index in [1.54, 1.807) is 18.9 Å². The van der Waals surface area contributed by atoms with Crippen LogP contribution in [0.1, 0.15) is 57.8 Å². The normalized spacial score (nSPS) is 12.4. The van der Waals surface area contributed by atoms with Gasteiger partial charge in [0.2, 0.25) is 0 Å². The summed E-state index contributed by atoms with van der Waals surface area (Å²) in [6, 6.07) is 9.49. The molecule has 130 valence electrons. The summed E-state index contributed by atoms with van der Waals surface area (Å²) in [5.74, 6) is 0.518. The summed E-state index contributed by atoms with van der Waals surface area (Å²) in [4.78, 5) is 29.4. The Labute approximate surface area is 146 Å². The third-order valence-electron chi connectivity index (χ3n) is 4.76. The predicted molar refractivity (Wildman–Crippen MR) is 97.0 cm³/mol. The minimum atomic E-state index is -0.233. The molecule has 1 amide bonds. The van der Waals surface area contributed by atoms with Crippen molar-refractivity contribution in [2.24, 2.45) is 0 Å². The number of para-hydroxylation sites is 1. The van der Waals surface area contributed by atoms with Crippen LogP contribution in [0, 0.1) is 13.8 Å². The molecule has 0 bridgehead atoms. The molecule has 0 spiro atoms. The van der Waals surface area contributed by atoms with Gasteiger partial charge in [0.1, 0.15) is 17.0 Å². The summed E-state index contributed by atoms with van der Waals surface area (Å²) in [5.41, 5.74) is 3.26. The number of Topliss-reactive ketones (excluding diaryl/α,β-unsaturated/α-hetero) is 1. The van der Waals surface area contributed by atoms with Gasteiger partial charge >= 0.3 is 0 Å². The third kappa shape index (κ3) is 2.86. The van der Waals surface area contributed by atoms with Gasteiger partial charge in [0.25, 0.3) is 5.91 Å². The van der Waals surface area contributed by atoms with E-state index in [1.165, 1.54) is 6.92 Å². The van der Waals surface area contributed by atoms with Crippen molar-refractivity contribution >= 4 is 22.7 Å². The number of nitrogens with one attached hydrogen (secondary N) is 1. The Morgan fingerprint density at radius 1 is 1.20 bits per heavy atom. The van der Waals surface area contributed by atoms with Gasteiger partial charge in [-0.3, -0.25) is 9.59 Å². The Balaban J connectivity index is 1.92. The molecule has 2 aromatic heterocycles. The first-order chi connectivity index (χ1) is 11.8. The zero-order chi connectivity index (χ0) is 18.3. The van der Waals surface area contributed by atoms with Crippen molar-refractivity contribution in [2.45, 2.75) is 33.7 Å². The molecule has 0 aliphatic heterocycles. The fourth-order valence-electron chi connectivity index (χ4n) is 3.24. The molecule has 1 N–H and O–H groups in total. The van der Waals surface area contributed by atoms with Crippen LogP contribution >= 0.6 is 0 Å². The van der Waals surface area contributed by atoms with Crippen molar-refractivity contribution in [3.8, 4) is 0 Å². The standard InChI is InChI=1S/C20H22N2O3/c1-11-18(14(4)23)12(2)21-19(11)20(24)22(5)13(3)17-10-15-8-6-7-9-16(15)25-17/h6-10,13,21H,1-5H3. The Morgan fingerprint density at radius 3 is 2.48 bits per heavy atom. The van der Waals surface area contributed by atoms with Crippen LogP contribution in [0.15, 0.2) is 34.7 Å². The van der Waals surface area contributed by atoms with E-state index in [9.17, 15) is 9.59 Å². The number of hydrogen-bond acceptors (Lipinski definition) is 3. The third-order valence-corrected chi connectivity index (χ3v) is 4.76. The second-order valence-electron chi connectivity index (χ2n) is 6.46. The fraction of sp³-hybridized carbons (Fsp3) is 0.300. The molecule has 0 radical (unpaired) electrons. The molecule has 0 saturated heterocycles. The number of hydrogen-bond donors (Lipinski definition) is 1. The first-order valence-electron chi connectivity index (χ1n) is 8.27. The Hall–Kier alpha value is -2.82. The largest absolute Gasteiger partial charge is 0.459 e. The number of benzene rings is 1. The number of fused-ring (bicyclic) bond motifs is 1. The van der Waals surface area contributed by atoms with E-state index in [1.807, 2.05) is 44.2 Å². The molecule has 1 unspecified atom stereocenters. The van der Waals surface area contributed by atoms with Gasteiger partial charge in [-0.05, 0) is 45.4 Å². The van der Waals surface area contributed by atoms with Crippen LogP contribution in [0.2, 0.25) is 0 Å². The number of carbonyl (C=O) groups excluding carboxylic acids is 2. The predicted octanol–water partition coefficient (Wildman–Crippen LogP) is 4.41. The van der Waals surface area contributed by atoms with E-state index in [4.69, 9.17) is 4.42 Å². The van der Waals surface area contributed by atoms with Gasteiger partial charge in [-0.15, -0.1) is 0 Å². The van der Waals surface area contributed by atoms with Crippen molar-refractivity contribution in [1.82, 2.24) is 9.88 Å². The van der Waals surface area contributed by atoms with E-state index in [-0.39, 0.29) is 17.7 Å².